The number of hydrogen-bond acceptors (Lipinski definition) is 1. The highest BCUT2D eigenvalue weighted by Crippen LogP contribution is 2.44. The summed E-state index contributed by atoms with van der Waals surface area (Å²) in [6.07, 6.45) is 0. The van der Waals surface area contributed by atoms with Crippen LogP contribution in [0.1, 0.15) is 0 Å². The molecule has 2 nitrogen and oxygen atoms in total. The molecule has 10 rings (SSSR count). The fourth-order valence-corrected chi connectivity index (χ4v) is 7.88. The van der Waals surface area contributed by atoms with Gasteiger partial charge in [-0.3, -0.25) is 0 Å². The molecule has 0 amide bonds. The van der Waals surface area contributed by atoms with Crippen molar-refractivity contribution in [1.82, 2.24) is 4.57 Å². The van der Waals surface area contributed by atoms with E-state index in [1.807, 2.05) is 0 Å². The van der Waals surface area contributed by atoms with Crippen molar-refractivity contribution in [2.24, 2.45) is 0 Å². The lowest BCUT2D eigenvalue weighted by Crippen LogP contribution is -2.11. The molecule has 50 heavy (non-hydrogen) atoms. The standard InChI is InChI=1S/C48H32N2/c1-3-13-33(14-4-1)36-16-11-19-38(31-36)49(45-24-12-22-44-43(45)29-27-35-26-25-34-15-7-8-20-40(34)48(35)44)39-28-30-42-41-21-9-10-23-46(41)50(47(42)32-39)37-17-5-2-6-18-37/h1-32H. The zero-order chi connectivity index (χ0) is 33.0. The Morgan fingerprint density at radius 1 is 0.340 bits per heavy atom. The molecule has 234 valence electrons. The van der Waals surface area contributed by atoms with Crippen molar-refractivity contribution in [3.63, 3.8) is 0 Å². The number of para-hydroxylation sites is 2. The molecule has 1 heterocycles. The van der Waals surface area contributed by atoms with Gasteiger partial charge in [-0.05, 0) is 86.6 Å². The Balaban J connectivity index is 1.28. The van der Waals surface area contributed by atoms with E-state index in [4.69, 9.17) is 0 Å². The fraction of sp³-hybridized carbons (Fsp3) is 0. The molecule has 10 aromatic rings. The lowest BCUT2D eigenvalue weighted by atomic mass is 9.95. The summed E-state index contributed by atoms with van der Waals surface area (Å²) in [6, 6.07) is 70.5. The molecule has 0 saturated carbocycles. The number of benzene rings is 9. The summed E-state index contributed by atoms with van der Waals surface area (Å²) in [5.74, 6) is 0. The Bertz CT molecular complexity index is 2870. The van der Waals surface area contributed by atoms with Gasteiger partial charge in [0.2, 0.25) is 0 Å². The van der Waals surface area contributed by atoms with Crippen LogP contribution in [0.5, 0.6) is 0 Å². The summed E-state index contributed by atoms with van der Waals surface area (Å²) < 4.78 is 2.40. The van der Waals surface area contributed by atoms with Gasteiger partial charge in [-0.2, -0.15) is 0 Å². The average Bonchev–Trinajstić information content (AvgIpc) is 3.52. The molecule has 0 radical (unpaired) electrons. The fourth-order valence-electron chi connectivity index (χ4n) is 7.88. The van der Waals surface area contributed by atoms with E-state index in [2.05, 4.69) is 204 Å². The summed E-state index contributed by atoms with van der Waals surface area (Å²) >= 11 is 0. The average molecular weight is 637 g/mol. The molecule has 0 atom stereocenters. The topological polar surface area (TPSA) is 8.17 Å². The Kier molecular flexibility index (Phi) is 6.53. The van der Waals surface area contributed by atoms with Crippen molar-refractivity contribution in [2.75, 3.05) is 4.90 Å². The summed E-state index contributed by atoms with van der Waals surface area (Å²) in [5, 5.41) is 10.0. The van der Waals surface area contributed by atoms with E-state index < -0.39 is 0 Å². The van der Waals surface area contributed by atoms with Crippen LogP contribution in [-0.2, 0) is 0 Å². The lowest BCUT2D eigenvalue weighted by Gasteiger charge is -2.28. The molecule has 0 fully saturated rings. The normalized spacial score (nSPS) is 11.6. The first-order valence-corrected chi connectivity index (χ1v) is 17.2. The van der Waals surface area contributed by atoms with Crippen LogP contribution >= 0.6 is 0 Å². The van der Waals surface area contributed by atoms with Gasteiger partial charge in [0, 0.05) is 33.2 Å². The zero-order valence-electron chi connectivity index (χ0n) is 27.4. The predicted molar refractivity (Wildman–Crippen MR) is 213 cm³/mol. The SMILES string of the molecule is c1ccc(-c2cccc(N(c3ccc4c5ccccc5n(-c5ccccc5)c4c3)c3cccc4c3ccc3ccc5ccccc5c34)c2)cc1. The van der Waals surface area contributed by atoms with Gasteiger partial charge >= 0.3 is 0 Å². The largest absolute Gasteiger partial charge is 0.310 e. The minimum atomic E-state index is 1.10. The number of aromatic nitrogens is 1. The second-order valence-corrected chi connectivity index (χ2v) is 13.0. The van der Waals surface area contributed by atoms with E-state index in [0.29, 0.717) is 0 Å². The summed E-state index contributed by atoms with van der Waals surface area (Å²) in [4.78, 5) is 2.44. The molecule has 0 saturated heterocycles. The molecule has 0 bridgehead atoms. The maximum atomic E-state index is 2.44. The molecule has 0 aliphatic heterocycles. The van der Waals surface area contributed by atoms with Crippen LogP contribution in [0.4, 0.5) is 17.1 Å². The van der Waals surface area contributed by atoms with Crippen LogP contribution in [-0.4, -0.2) is 4.57 Å². The van der Waals surface area contributed by atoms with Gasteiger partial charge in [0.1, 0.15) is 0 Å². The van der Waals surface area contributed by atoms with Gasteiger partial charge in [0.25, 0.3) is 0 Å². The van der Waals surface area contributed by atoms with Crippen molar-refractivity contribution in [1.29, 1.82) is 0 Å². The minimum absolute atomic E-state index is 1.10. The number of rotatable bonds is 5. The van der Waals surface area contributed by atoms with Gasteiger partial charge in [-0.15, -0.1) is 0 Å². The van der Waals surface area contributed by atoms with Crippen molar-refractivity contribution in [3.05, 3.63) is 194 Å². The van der Waals surface area contributed by atoms with Crippen LogP contribution in [0.15, 0.2) is 194 Å². The lowest BCUT2D eigenvalue weighted by molar-refractivity contribution is 1.18. The molecule has 0 aliphatic rings. The van der Waals surface area contributed by atoms with Crippen molar-refractivity contribution >= 4 is 71.2 Å². The highest BCUT2D eigenvalue weighted by atomic mass is 15.1. The van der Waals surface area contributed by atoms with Crippen LogP contribution in [0.3, 0.4) is 0 Å². The number of hydrogen-bond donors (Lipinski definition) is 0. The zero-order valence-corrected chi connectivity index (χ0v) is 27.4. The van der Waals surface area contributed by atoms with Crippen molar-refractivity contribution in [3.8, 4) is 16.8 Å². The van der Waals surface area contributed by atoms with E-state index in [0.717, 1.165) is 22.7 Å². The molecule has 0 N–H and O–H groups in total. The van der Waals surface area contributed by atoms with Crippen LogP contribution in [0.25, 0.3) is 70.9 Å². The Morgan fingerprint density at radius 2 is 0.960 bits per heavy atom. The van der Waals surface area contributed by atoms with Gasteiger partial charge < -0.3 is 9.47 Å². The first-order valence-electron chi connectivity index (χ1n) is 17.2. The number of anilines is 3. The predicted octanol–water partition coefficient (Wildman–Crippen LogP) is 13.4. The summed E-state index contributed by atoms with van der Waals surface area (Å²) in [5.41, 5.74) is 9.27. The minimum Gasteiger partial charge on any atom is -0.310 e. The summed E-state index contributed by atoms with van der Waals surface area (Å²) in [7, 11) is 0. The van der Waals surface area contributed by atoms with Crippen molar-refractivity contribution < 1.29 is 0 Å². The Hall–Kier alpha value is -6.64. The monoisotopic (exact) mass is 636 g/mol. The molecular formula is C48H32N2. The molecule has 0 aliphatic carbocycles. The van der Waals surface area contributed by atoms with Gasteiger partial charge in [-0.1, -0.05) is 146 Å². The van der Waals surface area contributed by atoms with Crippen LogP contribution in [0, 0.1) is 0 Å². The Morgan fingerprint density at radius 3 is 1.84 bits per heavy atom. The van der Waals surface area contributed by atoms with Crippen LogP contribution in [0.2, 0.25) is 0 Å². The van der Waals surface area contributed by atoms with E-state index >= 15 is 0 Å². The third kappa shape index (κ3) is 4.50. The van der Waals surface area contributed by atoms with Gasteiger partial charge in [-0.25, -0.2) is 0 Å². The van der Waals surface area contributed by atoms with Crippen LogP contribution < -0.4 is 4.90 Å². The highest BCUT2D eigenvalue weighted by Gasteiger charge is 2.20. The quantitative estimate of drug-likeness (QED) is 0.171. The molecule has 2 heteroatoms. The van der Waals surface area contributed by atoms with Gasteiger partial charge in [0.15, 0.2) is 0 Å². The third-order valence-electron chi connectivity index (χ3n) is 10.1. The third-order valence-corrected chi connectivity index (χ3v) is 10.1. The number of nitrogens with zero attached hydrogens (tertiary/aromatic N) is 2. The van der Waals surface area contributed by atoms with E-state index in [-0.39, 0.29) is 0 Å². The first-order chi connectivity index (χ1) is 24.8. The van der Waals surface area contributed by atoms with Gasteiger partial charge in [0.05, 0.1) is 16.7 Å². The maximum absolute atomic E-state index is 2.44. The van der Waals surface area contributed by atoms with E-state index in [1.54, 1.807) is 0 Å². The maximum Gasteiger partial charge on any atom is 0.0561 e. The molecular weight excluding hydrogens is 605 g/mol. The molecule has 9 aromatic carbocycles. The smallest absolute Gasteiger partial charge is 0.0561 e. The second-order valence-electron chi connectivity index (χ2n) is 13.0. The van der Waals surface area contributed by atoms with E-state index in [9.17, 15) is 0 Å². The highest BCUT2D eigenvalue weighted by molar-refractivity contribution is 6.22. The van der Waals surface area contributed by atoms with Crippen molar-refractivity contribution in [2.45, 2.75) is 0 Å². The second kappa shape index (κ2) is 11.5. The number of fused-ring (bicyclic) bond motifs is 8. The molecule has 0 unspecified atom stereocenters. The Labute approximate surface area is 290 Å². The van der Waals surface area contributed by atoms with E-state index in [1.165, 1.54) is 65.3 Å². The molecule has 1 aromatic heterocycles. The summed E-state index contributed by atoms with van der Waals surface area (Å²) in [6.45, 7) is 0. The first kappa shape index (κ1) is 28.4. The molecule has 0 spiro atoms.